The van der Waals surface area contributed by atoms with E-state index < -0.39 is 30.0 Å². The van der Waals surface area contributed by atoms with Gasteiger partial charge in [0, 0.05) is 0 Å². The molecule has 0 aliphatic carbocycles. The van der Waals surface area contributed by atoms with Gasteiger partial charge in [0.15, 0.2) is 0 Å². The second-order valence-corrected chi connectivity index (χ2v) is 5.18. The molecule has 0 bridgehead atoms. The molecule has 1 rings (SSSR count). The van der Waals surface area contributed by atoms with Crippen molar-refractivity contribution < 1.29 is 40.6 Å². The molecule has 0 saturated heterocycles. The van der Waals surface area contributed by atoms with Crippen molar-refractivity contribution in [1.29, 1.82) is 0 Å². The Hall–Kier alpha value is -1.51. The maximum atomic E-state index is 13.4. The maximum absolute atomic E-state index is 13.4. The summed E-state index contributed by atoms with van der Waals surface area (Å²) in [5, 5.41) is 9.95. The Morgan fingerprint density at radius 2 is 1.43 bits per heavy atom. The highest BCUT2D eigenvalue weighted by Crippen LogP contribution is 2.50. The number of hydrogen-bond acceptors (Lipinski definition) is 2. The molecule has 1 unspecified atom stereocenters. The van der Waals surface area contributed by atoms with Gasteiger partial charge in [0.2, 0.25) is 0 Å². The van der Waals surface area contributed by atoms with Gasteiger partial charge in [-0.1, -0.05) is 12.1 Å². The molecular weight excluding hydrogens is 333 g/mol. The Morgan fingerprint density at radius 1 is 0.957 bits per heavy atom. The third-order valence-corrected chi connectivity index (χ3v) is 3.17. The predicted molar refractivity (Wildman–Crippen MR) is 67.7 cm³/mol. The Morgan fingerprint density at radius 3 is 1.83 bits per heavy atom. The van der Waals surface area contributed by atoms with Gasteiger partial charge in [-0.2, -0.15) is 30.7 Å². The third-order valence-electron chi connectivity index (χ3n) is 3.17. The molecule has 23 heavy (non-hydrogen) atoms. The van der Waals surface area contributed by atoms with E-state index in [9.17, 15) is 35.8 Å². The lowest BCUT2D eigenvalue weighted by Crippen LogP contribution is -2.54. The molecule has 0 aromatic heterocycles. The SMILES string of the molecule is CCOc1ccc(C(C)(O)CC(F)(F)C(F)(F)C(F)(F)F)cc1. The van der Waals surface area contributed by atoms with Crippen LogP contribution in [-0.4, -0.2) is 29.7 Å². The van der Waals surface area contributed by atoms with E-state index >= 15 is 0 Å². The van der Waals surface area contributed by atoms with E-state index in [0.717, 1.165) is 19.1 Å². The number of alkyl halides is 7. The van der Waals surface area contributed by atoms with Crippen LogP contribution in [0.1, 0.15) is 25.8 Å². The fourth-order valence-electron chi connectivity index (χ4n) is 1.93. The monoisotopic (exact) mass is 348 g/mol. The molecule has 132 valence electrons. The van der Waals surface area contributed by atoms with E-state index in [1.165, 1.54) is 12.1 Å². The first kappa shape index (κ1) is 19.5. The van der Waals surface area contributed by atoms with E-state index in [4.69, 9.17) is 4.74 Å². The summed E-state index contributed by atoms with van der Waals surface area (Å²) in [6.07, 6.45) is -8.52. The van der Waals surface area contributed by atoms with Crippen molar-refractivity contribution in [3.8, 4) is 5.75 Å². The van der Waals surface area contributed by atoms with E-state index in [1.54, 1.807) is 6.92 Å². The van der Waals surface area contributed by atoms with Crippen LogP contribution in [0, 0.1) is 0 Å². The Balaban J connectivity index is 3.04. The molecule has 0 aliphatic rings. The minimum atomic E-state index is -6.43. The van der Waals surface area contributed by atoms with Crippen molar-refractivity contribution in [2.75, 3.05) is 6.61 Å². The lowest BCUT2D eigenvalue weighted by Gasteiger charge is -2.34. The summed E-state index contributed by atoms with van der Waals surface area (Å²) in [5.41, 5.74) is -2.83. The standard InChI is InChI=1S/C14H15F7O2/c1-3-23-10-6-4-9(5-7-10)11(2,22)8-12(15,16)13(17,18)14(19,20)21/h4-7,22H,3,8H2,1-2H3. The summed E-state index contributed by atoms with van der Waals surface area (Å²) in [5.74, 6) is -11.4. The van der Waals surface area contributed by atoms with Gasteiger partial charge in [-0.25, -0.2) is 0 Å². The van der Waals surface area contributed by atoms with Crippen molar-refractivity contribution in [3.63, 3.8) is 0 Å². The first-order chi connectivity index (χ1) is 10.2. The molecule has 2 nitrogen and oxygen atoms in total. The first-order valence-electron chi connectivity index (χ1n) is 6.52. The molecule has 0 fully saturated rings. The molecule has 1 N–H and O–H groups in total. The highest BCUT2D eigenvalue weighted by atomic mass is 19.4. The molecule has 0 aliphatic heterocycles. The molecule has 9 heteroatoms. The molecule has 1 atom stereocenters. The van der Waals surface area contributed by atoms with Crippen LogP contribution in [0.3, 0.4) is 0 Å². The summed E-state index contributed by atoms with van der Waals surface area (Å²) in [4.78, 5) is 0. The van der Waals surface area contributed by atoms with Crippen LogP contribution in [0.2, 0.25) is 0 Å². The van der Waals surface area contributed by atoms with Crippen LogP contribution in [-0.2, 0) is 5.60 Å². The Bertz CT molecular complexity index is 521. The van der Waals surface area contributed by atoms with Crippen molar-refractivity contribution in [1.82, 2.24) is 0 Å². The zero-order chi connectivity index (χ0) is 18.1. The average Bonchev–Trinajstić information content (AvgIpc) is 2.37. The molecule has 1 aromatic rings. The number of rotatable bonds is 6. The van der Waals surface area contributed by atoms with Gasteiger partial charge in [-0.05, 0) is 31.5 Å². The van der Waals surface area contributed by atoms with Gasteiger partial charge >= 0.3 is 18.0 Å². The van der Waals surface area contributed by atoms with E-state index in [-0.39, 0.29) is 5.56 Å². The maximum Gasteiger partial charge on any atom is 0.459 e. The molecule has 0 heterocycles. The van der Waals surface area contributed by atoms with E-state index in [2.05, 4.69) is 0 Å². The fraction of sp³-hybridized carbons (Fsp3) is 0.571. The summed E-state index contributed by atoms with van der Waals surface area (Å²) in [6.45, 7) is 2.73. The Kier molecular flexibility index (Phi) is 5.25. The predicted octanol–water partition coefficient (Wildman–Crippen LogP) is 4.52. The van der Waals surface area contributed by atoms with Crippen molar-refractivity contribution in [2.45, 2.75) is 43.9 Å². The minimum absolute atomic E-state index is 0.237. The lowest BCUT2D eigenvalue weighted by molar-refractivity contribution is -0.361. The highest BCUT2D eigenvalue weighted by molar-refractivity contribution is 5.31. The molecule has 0 saturated carbocycles. The van der Waals surface area contributed by atoms with Gasteiger partial charge in [-0.3, -0.25) is 0 Å². The summed E-state index contributed by atoms with van der Waals surface area (Å²) in [6, 6.07) is 4.81. The quantitative estimate of drug-likeness (QED) is 0.766. The van der Waals surface area contributed by atoms with Gasteiger partial charge < -0.3 is 9.84 Å². The van der Waals surface area contributed by atoms with Crippen LogP contribution < -0.4 is 4.74 Å². The highest BCUT2D eigenvalue weighted by Gasteiger charge is 2.73. The number of ether oxygens (including phenoxy) is 1. The van der Waals surface area contributed by atoms with Crippen LogP contribution in [0.4, 0.5) is 30.7 Å². The first-order valence-corrected chi connectivity index (χ1v) is 6.52. The molecular formula is C14H15F7O2. The van der Waals surface area contributed by atoms with E-state index in [0.29, 0.717) is 12.4 Å². The normalized spacial score (nSPS) is 16.1. The number of halogens is 7. The second-order valence-electron chi connectivity index (χ2n) is 5.18. The summed E-state index contributed by atoms with van der Waals surface area (Å²) < 4.78 is 94.1. The lowest BCUT2D eigenvalue weighted by atomic mass is 9.87. The fourth-order valence-corrected chi connectivity index (χ4v) is 1.93. The molecule has 1 aromatic carbocycles. The van der Waals surface area contributed by atoms with Crippen LogP contribution in [0.15, 0.2) is 24.3 Å². The van der Waals surface area contributed by atoms with Gasteiger partial charge in [-0.15, -0.1) is 0 Å². The number of hydrogen-bond donors (Lipinski definition) is 1. The average molecular weight is 348 g/mol. The third kappa shape index (κ3) is 4.07. The minimum Gasteiger partial charge on any atom is -0.494 e. The van der Waals surface area contributed by atoms with Crippen LogP contribution >= 0.6 is 0 Å². The topological polar surface area (TPSA) is 29.5 Å². The van der Waals surface area contributed by atoms with Crippen LogP contribution in [0.5, 0.6) is 5.75 Å². The van der Waals surface area contributed by atoms with Crippen molar-refractivity contribution >= 4 is 0 Å². The number of benzene rings is 1. The van der Waals surface area contributed by atoms with Crippen molar-refractivity contribution in [3.05, 3.63) is 29.8 Å². The van der Waals surface area contributed by atoms with Gasteiger partial charge in [0.05, 0.1) is 18.6 Å². The van der Waals surface area contributed by atoms with Crippen molar-refractivity contribution in [2.24, 2.45) is 0 Å². The van der Waals surface area contributed by atoms with E-state index in [1.807, 2.05) is 0 Å². The molecule has 0 radical (unpaired) electrons. The zero-order valence-corrected chi connectivity index (χ0v) is 12.2. The molecule has 0 spiro atoms. The molecule has 0 amide bonds. The van der Waals surface area contributed by atoms with Gasteiger partial charge in [0.25, 0.3) is 0 Å². The largest absolute Gasteiger partial charge is 0.494 e. The van der Waals surface area contributed by atoms with Gasteiger partial charge in [0.1, 0.15) is 5.75 Å². The smallest absolute Gasteiger partial charge is 0.459 e. The zero-order valence-electron chi connectivity index (χ0n) is 12.2. The number of aliphatic hydroxyl groups is 1. The second kappa shape index (κ2) is 6.18. The summed E-state index contributed by atoms with van der Waals surface area (Å²) in [7, 11) is 0. The van der Waals surface area contributed by atoms with Crippen LogP contribution in [0.25, 0.3) is 0 Å². The Labute approximate surface area is 127 Å². The summed E-state index contributed by atoms with van der Waals surface area (Å²) >= 11 is 0.